The van der Waals surface area contributed by atoms with Gasteiger partial charge in [-0.05, 0) is 25.2 Å². The van der Waals surface area contributed by atoms with Gasteiger partial charge in [0.25, 0.3) is 5.91 Å². The summed E-state index contributed by atoms with van der Waals surface area (Å²) in [5, 5.41) is 20.0. The average Bonchev–Trinajstić information content (AvgIpc) is 3.04. The van der Waals surface area contributed by atoms with E-state index in [4.69, 9.17) is 10.00 Å². The molecule has 2 rings (SSSR count). The Balaban J connectivity index is 1.97. The second-order valence-corrected chi connectivity index (χ2v) is 6.39. The molecular weight excluding hydrogens is 298 g/mol. The van der Waals surface area contributed by atoms with Crippen LogP contribution in [0.25, 0.3) is 0 Å². The SMILES string of the molecule is N#CNC(=O)[C@H](CC1CCCCC1)OC(=O)N1CCCC1CO. The van der Waals surface area contributed by atoms with Gasteiger partial charge in [-0.1, -0.05) is 32.1 Å². The van der Waals surface area contributed by atoms with Crippen LogP contribution in [0.15, 0.2) is 0 Å². The summed E-state index contributed by atoms with van der Waals surface area (Å²) in [6, 6.07) is -0.239. The van der Waals surface area contributed by atoms with Crippen LogP contribution in [0.4, 0.5) is 4.79 Å². The second kappa shape index (κ2) is 8.73. The Kier molecular flexibility index (Phi) is 6.66. The molecule has 1 heterocycles. The van der Waals surface area contributed by atoms with Crippen LogP contribution < -0.4 is 5.32 Å². The lowest BCUT2D eigenvalue weighted by molar-refractivity contribution is -0.130. The molecule has 1 aliphatic heterocycles. The van der Waals surface area contributed by atoms with Crippen molar-refractivity contribution in [2.45, 2.75) is 63.5 Å². The second-order valence-electron chi connectivity index (χ2n) is 6.39. The Morgan fingerprint density at radius 2 is 2.00 bits per heavy atom. The van der Waals surface area contributed by atoms with Crippen LogP contribution in [0.5, 0.6) is 0 Å². The minimum atomic E-state index is -0.940. The largest absolute Gasteiger partial charge is 0.436 e. The Labute approximate surface area is 136 Å². The van der Waals surface area contributed by atoms with Gasteiger partial charge in [-0.25, -0.2) is 4.79 Å². The van der Waals surface area contributed by atoms with Crippen molar-refractivity contribution in [1.29, 1.82) is 5.26 Å². The molecule has 1 saturated carbocycles. The molecule has 1 saturated heterocycles. The Bertz CT molecular complexity index is 457. The molecule has 0 aromatic carbocycles. The maximum absolute atomic E-state index is 12.3. The summed E-state index contributed by atoms with van der Waals surface area (Å²) in [6.45, 7) is 0.423. The van der Waals surface area contributed by atoms with Gasteiger partial charge in [0.2, 0.25) is 0 Å². The van der Waals surface area contributed by atoms with Crippen molar-refractivity contribution in [1.82, 2.24) is 10.2 Å². The number of rotatable bonds is 5. The number of likely N-dealkylation sites (tertiary alicyclic amines) is 1. The van der Waals surface area contributed by atoms with E-state index >= 15 is 0 Å². The number of nitriles is 1. The predicted molar refractivity (Wildman–Crippen MR) is 82.0 cm³/mol. The van der Waals surface area contributed by atoms with Gasteiger partial charge >= 0.3 is 6.09 Å². The maximum atomic E-state index is 12.3. The molecule has 23 heavy (non-hydrogen) atoms. The van der Waals surface area contributed by atoms with E-state index in [9.17, 15) is 14.7 Å². The van der Waals surface area contributed by atoms with Crippen molar-refractivity contribution in [2.24, 2.45) is 5.92 Å². The summed E-state index contributed by atoms with van der Waals surface area (Å²) in [6.07, 6.45) is 7.62. The zero-order valence-electron chi connectivity index (χ0n) is 13.4. The maximum Gasteiger partial charge on any atom is 0.410 e. The molecule has 7 heteroatoms. The van der Waals surface area contributed by atoms with Crippen LogP contribution >= 0.6 is 0 Å². The molecule has 2 amide bonds. The molecule has 7 nitrogen and oxygen atoms in total. The van der Waals surface area contributed by atoms with Gasteiger partial charge in [0, 0.05) is 6.54 Å². The van der Waals surface area contributed by atoms with E-state index in [0.29, 0.717) is 18.9 Å². The smallest absolute Gasteiger partial charge is 0.410 e. The molecule has 0 bridgehead atoms. The minimum absolute atomic E-state index is 0.104. The van der Waals surface area contributed by atoms with Crippen LogP contribution in [0, 0.1) is 17.4 Å². The quantitative estimate of drug-likeness (QED) is 0.590. The molecule has 128 valence electrons. The fourth-order valence-corrected chi connectivity index (χ4v) is 3.53. The number of hydrogen-bond donors (Lipinski definition) is 2. The molecule has 0 aromatic heterocycles. The van der Waals surface area contributed by atoms with E-state index in [1.165, 1.54) is 11.3 Å². The lowest BCUT2D eigenvalue weighted by atomic mass is 9.85. The first kappa shape index (κ1) is 17.5. The number of carbonyl (C=O) groups excluding carboxylic acids is 2. The highest BCUT2D eigenvalue weighted by Crippen LogP contribution is 2.28. The van der Waals surface area contributed by atoms with E-state index in [1.54, 1.807) is 6.19 Å². The number of nitrogens with one attached hydrogen (secondary N) is 1. The van der Waals surface area contributed by atoms with Gasteiger partial charge in [0.15, 0.2) is 12.3 Å². The first-order valence-electron chi connectivity index (χ1n) is 8.42. The van der Waals surface area contributed by atoms with Crippen molar-refractivity contribution in [3.8, 4) is 6.19 Å². The Hall–Kier alpha value is -1.81. The number of hydrogen-bond acceptors (Lipinski definition) is 5. The highest BCUT2D eigenvalue weighted by Gasteiger charge is 2.34. The first-order valence-corrected chi connectivity index (χ1v) is 8.42. The van der Waals surface area contributed by atoms with Gasteiger partial charge in [-0.2, -0.15) is 5.26 Å². The average molecular weight is 323 g/mol. The van der Waals surface area contributed by atoms with E-state index < -0.39 is 18.1 Å². The third-order valence-corrected chi connectivity index (χ3v) is 4.81. The summed E-state index contributed by atoms with van der Waals surface area (Å²) >= 11 is 0. The Morgan fingerprint density at radius 1 is 1.26 bits per heavy atom. The van der Waals surface area contributed by atoms with E-state index in [0.717, 1.165) is 38.5 Å². The molecule has 0 radical (unpaired) electrons. The first-order chi connectivity index (χ1) is 11.2. The zero-order chi connectivity index (χ0) is 16.7. The number of aliphatic hydroxyl groups excluding tert-OH is 1. The monoisotopic (exact) mass is 323 g/mol. The fraction of sp³-hybridized carbons (Fsp3) is 0.812. The standard InChI is InChI=1S/C16H25N3O4/c17-11-18-15(21)14(9-12-5-2-1-3-6-12)23-16(22)19-8-4-7-13(19)10-20/h12-14,20H,1-10H2,(H,18,21)/t13?,14-/m0/s1. The summed E-state index contributed by atoms with van der Waals surface area (Å²) in [7, 11) is 0. The van der Waals surface area contributed by atoms with Gasteiger partial charge in [0.05, 0.1) is 12.6 Å². The molecule has 1 unspecified atom stereocenters. The normalized spacial score (nSPS) is 23.1. The van der Waals surface area contributed by atoms with Gasteiger partial charge < -0.3 is 14.7 Å². The van der Waals surface area contributed by atoms with Crippen molar-refractivity contribution in [3.63, 3.8) is 0 Å². The highest BCUT2D eigenvalue weighted by atomic mass is 16.6. The number of carbonyl (C=O) groups is 2. The third kappa shape index (κ3) is 4.83. The Morgan fingerprint density at radius 3 is 2.65 bits per heavy atom. The number of aliphatic hydroxyl groups is 1. The summed E-state index contributed by atoms with van der Waals surface area (Å²) in [5.74, 6) is -0.218. The van der Waals surface area contributed by atoms with Crippen LogP contribution in [0.1, 0.15) is 51.4 Å². The summed E-state index contributed by atoms with van der Waals surface area (Å²) in [4.78, 5) is 25.8. The molecular formula is C16H25N3O4. The van der Waals surface area contributed by atoms with E-state index in [2.05, 4.69) is 5.32 Å². The van der Waals surface area contributed by atoms with E-state index in [1.807, 2.05) is 0 Å². The molecule has 2 fully saturated rings. The van der Waals surface area contributed by atoms with Crippen LogP contribution in [-0.2, 0) is 9.53 Å². The van der Waals surface area contributed by atoms with Crippen LogP contribution in [0.3, 0.4) is 0 Å². The molecule has 1 aliphatic carbocycles. The van der Waals surface area contributed by atoms with Crippen molar-refractivity contribution >= 4 is 12.0 Å². The van der Waals surface area contributed by atoms with Gasteiger partial charge in [0.1, 0.15) is 0 Å². The van der Waals surface area contributed by atoms with Gasteiger partial charge in [-0.3, -0.25) is 10.1 Å². The molecule has 2 aliphatic rings. The van der Waals surface area contributed by atoms with Crippen LogP contribution in [0.2, 0.25) is 0 Å². The number of ether oxygens (including phenoxy) is 1. The fourth-order valence-electron chi connectivity index (χ4n) is 3.53. The predicted octanol–water partition coefficient (Wildman–Crippen LogP) is 1.52. The highest BCUT2D eigenvalue weighted by molar-refractivity contribution is 5.84. The van der Waals surface area contributed by atoms with E-state index in [-0.39, 0.29) is 12.6 Å². The van der Waals surface area contributed by atoms with Crippen molar-refractivity contribution in [2.75, 3.05) is 13.2 Å². The summed E-state index contributed by atoms with van der Waals surface area (Å²) in [5.41, 5.74) is 0. The molecule has 0 aromatic rings. The van der Waals surface area contributed by atoms with Crippen LogP contribution in [-0.4, -0.2) is 47.3 Å². The molecule has 0 spiro atoms. The lowest BCUT2D eigenvalue weighted by Gasteiger charge is -2.28. The summed E-state index contributed by atoms with van der Waals surface area (Å²) < 4.78 is 5.40. The minimum Gasteiger partial charge on any atom is -0.436 e. The third-order valence-electron chi connectivity index (χ3n) is 4.81. The number of amides is 2. The zero-order valence-corrected chi connectivity index (χ0v) is 13.4. The molecule has 2 atom stereocenters. The number of nitrogens with zero attached hydrogens (tertiary/aromatic N) is 2. The van der Waals surface area contributed by atoms with Gasteiger partial charge in [-0.15, -0.1) is 0 Å². The van der Waals surface area contributed by atoms with Crippen molar-refractivity contribution in [3.05, 3.63) is 0 Å². The lowest BCUT2D eigenvalue weighted by Crippen LogP contribution is -2.44. The topological polar surface area (TPSA) is 103 Å². The molecule has 2 N–H and O–H groups in total. The van der Waals surface area contributed by atoms with Crippen molar-refractivity contribution < 1.29 is 19.4 Å².